The van der Waals surface area contributed by atoms with E-state index in [4.69, 9.17) is 5.73 Å². The van der Waals surface area contributed by atoms with Crippen LogP contribution in [0.2, 0.25) is 0 Å². The summed E-state index contributed by atoms with van der Waals surface area (Å²) in [6.45, 7) is 3.95. The first kappa shape index (κ1) is 14.5. The number of nitrogens with zero attached hydrogens (tertiary/aromatic N) is 3. The van der Waals surface area contributed by atoms with Crippen molar-refractivity contribution in [3.8, 4) is 0 Å². The van der Waals surface area contributed by atoms with Gasteiger partial charge < -0.3 is 5.73 Å². The van der Waals surface area contributed by atoms with E-state index in [9.17, 15) is 0 Å². The van der Waals surface area contributed by atoms with Crippen molar-refractivity contribution in [2.24, 2.45) is 5.73 Å². The average Bonchev–Trinajstić information content (AvgIpc) is 3.04. The highest BCUT2D eigenvalue weighted by molar-refractivity contribution is 5.17. The molecule has 0 aliphatic heterocycles. The molecule has 4 nitrogen and oxygen atoms in total. The van der Waals surface area contributed by atoms with E-state index in [1.165, 1.54) is 57.1 Å². The van der Waals surface area contributed by atoms with E-state index in [0.717, 1.165) is 18.7 Å². The first-order valence-corrected chi connectivity index (χ1v) is 7.99. The fraction of sp³-hybridized carbons (Fsp3) is 0.867. The summed E-state index contributed by atoms with van der Waals surface area (Å²) >= 11 is 0. The van der Waals surface area contributed by atoms with Crippen LogP contribution in [0.1, 0.15) is 75.6 Å². The molecule has 0 amide bonds. The molecule has 19 heavy (non-hydrogen) atoms. The Morgan fingerprint density at radius 2 is 2.00 bits per heavy atom. The predicted molar refractivity (Wildman–Crippen MR) is 78.1 cm³/mol. The summed E-state index contributed by atoms with van der Waals surface area (Å²) in [5.74, 6) is 0.683. The van der Waals surface area contributed by atoms with Gasteiger partial charge in [0.1, 0.15) is 0 Å². The SMILES string of the molecule is CCCCCCn1nnc(CCN)c1C1CCCC1. The van der Waals surface area contributed by atoms with Crippen LogP contribution in [0.15, 0.2) is 0 Å². The molecule has 0 unspecified atom stereocenters. The Balaban J connectivity index is 2.03. The van der Waals surface area contributed by atoms with Crippen LogP contribution in [-0.4, -0.2) is 21.5 Å². The number of hydrogen-bond donors (Lipinski definition) is 1. The van der Waals surface area contributed by atoms with Crippen LogP contribution in [0.5, 0.6) is 0 Å². The second kappa shape index (κ2) is 7.63. The predicted octanol–water partition coefficient (Wildman–Crippen LogP) is 3.02. The van der Waals surface area contributed by atoms with Crippen molar-refractivity contribution in [2.45, 2.75) is 77.2 Å². The number of unbranched alkanes of at least 4 members (excludes halogenated alkanes) is 3. The monoisotopic (exact) mass is 264 g/mol. The van der Waals surface area contributed by atoms with Gasteiger partial charge in [0, 0.05) is 18.9 Å². The summed E-state index contributed by atoms with van der Waals surface area (Å²) in [4.78, 5) is 0. The number of rotatable bonds is 8. The van der Waals surface area contributed by atoms with E-state index in [0.29, 0.717) is 12.5 Å². The van der Waals surface area contributed by atoms with Gasteiger partial charge in [0.2, 0.25) is 0 Å². The highest BCUT2D eigenvalue weighted by Gasteiger charge is 2.24. The van der Waals surface area contributed by atoms with E-state index >= 15 is 0 Å². The number of hydrogen-bond acceptors (Lipinski definition) is 3. The summed E-state index contributed by atoms with van der Waals surface area (Å²) < 4.78 is 2.18. The molecule has 0 saturated heterocycles. The van der Waals surface area contributed by atoms with Crippen molar-refractivity contribution in [3.05, 3.63) is 11.4 Å². The molecule has 1 heterocycles. The zero-order valence-electron chi connectivity index (χ0n) is 12.3. The van der Waals surface area contributed by atoms with E-state index in [-0.39, 0.29) is 0 Å². The molecule has 108 valence electrons. The Morgan fingerprint density at radius 3 is 2.68 bits per heavy atom. The zero-order chi connectivity index (χ0) is 13.5. The molecular weight excluding hydrogens is 236 g/mol. The minimum atomic E-state index is 0.675. The maximum atomic E-state index is 5.70. The molecule has 1 fully saturated rings. The smallest absolute Gasteiger partial charge is 0.0874 e. The van der Waals surface area contributed by atoms with Gasteiger partial charge in [-0.15, -0.1) is 5.10 Å². The molecule has 0 aromatic carbocycles. The second-order valence-corrected chi connectivity index (χ2v) is 5.73. The summed E-state index contributed by atoms with van der Waals surface area (Å²) in [5, 5.41) is 8.77. The molecule has 1 aliphatic carbocycles. The summed E-state index contributed by atoms with van der Waals surface area (Å²) in [5.41, 5.74) is 8.26. The average molecular weight is 264 g/mol. The van der Waals surface area contributed by atoms with Gasteiger partial charge in [-0.05, 0) is 25.8 Å². The van der Waals surface area contributed by atoms with Crippen molar-refractivity contribution in [1.82, 2.24) is 15.0 Å². The molecule has 2 N–H and O–H groups in total. The molecule has 1 saturated carbocycles. The van der Waals surface area contributed by atoms with Gasteiger partial charge in [0.15, 0.2) is 0 Å². The third kappa shape index (κ3) is 3.78. The van der Waals surface area contributed by atoms with Gasteiger partial charge in [-0.25, -0.2) is 4.68 Å². The van der Waals surface area contributed by atoms with E-state index in [1.54, 1.807) is 0 Å². The Morgan fingerprint density at radius 1 is 1.21 bits per heavy atom. The number of nitrogens with two attached hydrogens (primary N) is 1. The normalized spacial score (nSPS) is 16.3. The lowest BCUT2D eigenvalue weighted by molar-refractivity contribution is 0.493. The molecule has 4 heteroatoms. The number of aromatic nitrogens is 3. The standard InChI is InChI=1S/C15H28N4/c1-2-3-4-7-12-19-15(13-8-5-6-9-13)14(10-11-16)17-18-19/h13H,2-12,16H2,1H3. The van der Waals surface area contributed by atoms with E-state index in [2.05, 4.69) is 21.9 Å². The van der Waals surface area contributed by atoms with Crippen molar-refractivity contribution >= 4 is 0 Å². The fourth-order valence-electron chi connectivity index (χ4n) is 3.17. The van der Waals surface area contributed by atoms with Crippen LogP contribution in [-0.2, 0) is 13.0 Å². The van der Waals surface area contributed by atoms with Crippen LogP contribution in [0.4, 0.5) is 0 Å². The van der Waals surface area contributed by atoms with Gasteiger partial charge in [-0.2, -0.15) is 0 Å². The zero-order valence-corrected chi connectivity index (χ0v) is 12.3. The van der Waals surface area contributed by atoms with Gasteiger partial charge >= 0.3 is 0 Å². The number of aryl methyl sites for hydroxylation is 1. The fourth-order valence-corrected chi connectivity index (χ4v) is 3.17. The minimum absolute atomic E-state index is 0.675. The molecule has 0 bridgehead atoms. The largest absolute Gasteiger partial charge is 0.330 e. The van der Waals surface area contributed by atoms with Gasteiger partial charge in [-0.3, -0.25) is 0 Å². The maximum Gasteiger partial charge on any atom is 0.0874 e. The van der Waals surface area contributed by atoms with Crippen LogP contribution < -0.4 is 5.73 Å². The first-order chi connectivity index (χ1) is 9.36. The maximum absolute atomic E-state index is 5.70. The van der Waals surface area contributed by atoms with E-state index in [1.807, 2.05) is 0 Å². The van der Waals surface area contributed by atoms with Crippen LogP contribution in [0.25, 0.3) is 0 Å². The van der Waals surface area contributed by atoms with Crippen molar-refractivity contribution in [2.75, 3.05) is 6.54 Å². The Bertz CT molecular complexity index is 366. The first-order valence-electron chi connectivity index (χ1n) is 7.99. The third-order valence-corrected chi connectivity index (χ3v) is 4.19. The van der Waals surface area contributed by atoms with Crippen molar-refractivity contribution in [1.29, 1.82) is 0 Å². The van der Waals surface area contributed by atoms with Gasteiger partial charge in [-0.1, -0.05) is 44.2 Å². The van der Waals surface area contributed by atoms with Crippen LogP contribution in [0, 0.1) is 0 Å². The van der Waals surface area contributed by atoms with Gasteiger partial charge in [0.25, 0.3) is 0 Å². The highest BCUT2D eigenvalue weighted by Crippen LogP contribution is 2.35. The lowest BCUT2D eigenvalue weighted by Gasteiger charge is -2.13. The Hall–Kier alpha value is -0.900. The summed E-state index contributed by atoms with van der Waals surface area (Å²) in [6.07, 6.45) is 11.3. The quantitative estimate of drug-likeness (QED) is 0.734. The summed E-state index contributed by atoms with van der Waals surface area (Å²) in [6, 6.07) is 0. The highest BCUT2D eigenvalue weighted by atomic mass is 15.4. The second-order valence-electron chi connectivity index (χ2n) is 5.73. The topological polar surface area (TPSA) is 56.7 Å². The molecular formula is C15H28N4. The van der Waals surface area contributed by atoms with Crippen LogP contribution in [0.3, 0.4) is 0 Å². The molecule has 0 radical (unpaired) electrons. The minimum Gasteiger partial charge on any atom is -0.330 e. The van der Waals surface area contributed by atoms with Crippen LogP contribution >= 0.6 is 0 Å². The van der Waals surface area contributed by atoms with Gasteiger partial charge in [0.05, 0.1) is 11.4 Å². The molecule has 0 atom stereocenters. The van der Waals surface area contributed by atoms with E-state index < -0.39 is 0 Å². The Labute approximate surface area is 116 Å². The lowest BCUT2D eigenvalue weighted by atomic mass is 10.0. The molecule has 1 aromatic rings. The lowest BCUT2D eigenvalue weighted by Crippen LogP contribution is -2.11. The van der Waals surface area contributed by atoms with Crippen molar-refractivity contribution in [3.63, 3.8) is 0 Å². The molecule has 1 aromatic heterocycles. The Kier molecular flexibility index (Phi) is 5.83. The molecule has 1 aliphatic rings. The molecule has 0 spiro atoms. The van der Waals surface area contributed by atoms with Crippen molar-refractivity contribution < 1.29 is 0 Å². The third-order valence-electron chi connectivity index (χ3n) is 4.19. The molecule has 2 rings (SSSR count). The summed E-state index contributed by atoms with van der Waals surface area (Å²) in [7, 11) is 0.